The summed E-state index contributed by atoms with van der Waals surface area (Å²) in [5, 5.41) is 8.66. The van der Waals surface area contributed by atoms with Crippen LogP contribution in [0.25, 0.3) is 11.3 Å². The van der Waals surface area contributed by atoms with Gasteiger partial charge in [0.2, 0.25) is 5.95 Å². The van der Waals surface area contributed by atoms with E-state index in [9.17, 15) is 13.6 Å². The predicted molar refractivity (Wildman–Crippen MR) is 60.9 cm³/mol. The standard InChI is InChI=1S/C13H9F2NO2/c14-10-4-2-1-3-9(10)11-5-8(7-13(17)18)6-12(15)16-11/h1-6H,7H2,(H,17,18). The third kappa shape index (κ3) is 2.68. The van der Waals surface area contributed by atoms with Crippen LogP contribution >= 0.6 is 0 Å². The van der Waals surface area contributed by atoms with E-state index in [1.165, 1.54) is 24.3 Å². The van der Waals surface area contributed by atoms with Gasteiger partial charge in [-0.05, 0) is 29.8 Å². The lowest BCUT2D eigenvalue weighted by atomic mass is 10.1. The topological polar surface area (TPSA) is 50.2 Å². The number of carboxylic acid groups (broad SMARTS) is 1. The van der Waals surface area contributed by atoms with Crippen molar-refractivity contribution in [2.45, 2.75) is 6.42 Å². The molecule has 18 heavy (non-hydrogen) atoms. The van der Waals surface area contributed by atoms with E-state index in [1.807, 2.05) is 0 Å². The molecule has 0 aliphatic heterocycles. The highest BCUT2D eigenvalue weighted by atomic mass is 19.1. The minimum Gasteiger partial charge on any atom is -0.481 e. The lowest BCUT2D eigenvalue weighted by Crippen LogP contribution is -2.02. The molecule has 0 aliphatic rings. The van der Waals surface area contributed by atoms with Gasteiger partial charge in [-0.2, -0.15) is 4.39 Å². The molecular weight excluding hydrogens is 240 g/mol. The Hall–Kier alpha value is -2.30. The first-order valence-corrected chi connectivity index (χ1v) is 5.19. The van der Waals surface area contributed by atoms with Crippen molar-refractivity contribution < 1.29 is 18.7 Å². The van der Waals surface area contributed by atoms with Crippen molar-refractivity contribution in [1.82, 2.24) is 4.98 Å². The second-order valence-corrected chi connectivity index (χ2v) is 3.73. The molecule has 3 nitrogen and oxygen atoms in total. The van der Waals surface area contributed by atoms with Gasteiger partial charge in [-0.15, -0.1) is 0 Å². The predicted octanol–water partition coefficient (Wildman–Crippen LogP) is 2.65. The van der Waals surface area contributed by atoms with Gasteiger partial charge in [0.25, 0.3) is 0 Å². The van der Waals surface area contributed by atoms with Crippen LogP contribution in [0.3, 0.4) is 0 Å². The van der Waals surface area contributed by atoms with Gasteiger partial charge < -0.3 is 5.11 Å². The van der Waals surface area contributed by atoms with Gasteiger partial charge in [-0.1, -0.05) is 12.1 Å². The highest BCUT2D eigenvalue weighted by molar-refractivity contribution is 5.71. The van der Waals surface area contributed by atoms with Crippen LogP contribution in [-0.2, 0) is 11.2 Å². The summed E-state index contributed by atoms with van der Waals surface area (Å²) in [7, 11) is 0. The van der Waals surface area contributed by atoms with Crippen LogP contribution < -0.4 is 0 Å². The molecular formula is C13H9F2NO2. The molecule has 0 saturated heterocycles. The molecule has 0 unspecified atom stereocenters. The number of hydrogen-bond donors (Lipinski definition) is 1. The normalized spacial score (nSPS) is 10.3. The van der Waals surface area contributed by atoms with Crippen molar-refractivity contribution in [3.63, 3.8) is 0 Å². The van der Waals surface area contributed by atoms with Crippen molar-refractivity contribution in [1.29, 1.82) is 0 Å². The van der Waals surface area contributed by atoms with E-state index in [-0.39, 0.29) is 23.2 Å². The Balaban J connectivity index is 2.48. The number of carbonyl (C=O) groups is 1. The Morgan fingerprint density at radius 1 is 1.22 bits per heavy atom. The Bertz CT molecular complexity index is 599. The van der Waals surface area contributed by atoms with Gasteiger partial charge in [0.15, 0.2) is 0 Å². The first-order chi connectivity index (χ1) is 8.56. The molecule has 1 aromatic heterocycles. The summed E-state index contributed by atoms with van der Waals surface area (Å²) in [4.78, 5) is 14.2. The second kappa shape index (κ2) is 4.91. The minimum atomic E-state index is -1.08. The SMILES string of the molecule is O=C(O)Cc1cc(F)nc(-c2ccccc2F)c1. The zero-order chi connectivity index (χ0) is 13.1. The summed E-state index contributed by atoms with van der Waals surface area (Å²) < 4.78 is 26.8. The molecule has 5 heteroatoms. The van der Waals surface area contributed by atoms with Crippen molar-refractivity contribution >= 4 is 5.97 Å². The molecule has 1 aromatic carbocycles. The van der Waals surface area contributed by atoms with Gasteiger partial charge in [-0.25, -0.2) is 9.37 Å². The number of aliphatic carboxylic acids is 1. The van der Waals surface area contributed by atoms with Crippen molar-refractivity contribution in [2.24, 2.45) is 0 Å². The molecule has 0 bridgehead atoms. The van der Waals surface area contributed by atoms with Gasteiger partial charge >= 0.3 is 5.97 Å². The molecule has 0 amide bonds. The first kappa shape index (κ1) is 12.2. The fourth-order valence-corrected chi connectivity index (χ4v) is 1.63. The average Bonchev–Trinajstić information content (AvgIpc) is 2.27. The van der Waals surface area contributed by atoms with Gasteiger partial charge in [-0.3, -0.25) is 4.79 Å². The van der Waals surface area contributed by atoms with Crippen LogP contribution in [-0.4, -0.2) is 16.1 Å². The Morgan fingerprint density at radius 2 is 1.94 bits per heavy atom. The van der Waals surface area contributed by atoms with Crippen LogP contribution in [0.2, 0.25) is 0 Å². The number of rotatable bonds is 3. The van der Waals surface area contributed by atoms with E-state index in [1.54, 1.807) is 6.07 Å². The molecule has 0 spiro atoms. The van der Waals surface area contributed by atoms with E-state index < -0.39 is 17.7 Å². The first-order valence-electron chi connectivity index (χ1n) is 5.19. The zero-order valence-electron chi connectivity index (χ0n) is 9.23. The molecule has 2 rings (SSSR count). The molecule has 92 valence electrons. The number of aromatic nitrogens is 1. The van der Waals surface area contributed by atoms with Crippen LogP contribution in [0.4, 0.5) is 8.78 Å². The molecule has 0 fully saturated rings. The van der Waals surface area contributed by atoms with E-state index >= 15 is 0 Å². The number of pyridine rings is 1. The summed E-state index contributed by atoms with van der Waals surface area (Å²) in [6, 6.07) is 8.20. The van der Waals surface area contributed by atoms with E-state index in [0.29, 0.717) is 0 Å². The summed E-state index contributed by atoms with van der Waals surface area (Å²) in [5.41, 5.74) is 0.473. The van der Waals surface area contributed by atoms with E-state index in [0.717, 1.165) is 6.07 Å². The fraction of sp³-hybridized carbons (Fsp3) is 0.0769. The summed E-state index contributed by atoms with van der Waals surface area (Å²) in [6.45, 7) is 0. The Kier molecular flexibility index (Phi) is 3.32. The number of halogens is 2. The van der Waals surface area contributed by atoms with Crippen LogP contribution in [0.15, 0.2) is 36.4 Å². The maximum atomic E-state index is 13.5. The molecule has 2 aromatic rings. The fourth-order valence-electron chi connectivity index (χ4n) is 1.63. The van der Waals surface area contributed by atoms with Crippen molar-refractivity contribution in [2.75, 3.05) is 0 Å². The third-order valence-electron chi connectivity index (χ3n) is 2.36. The summed E-state index contributed by atoms with van der Waals surface area (Å²) in [6.07, 6.45) is -0.332. The average molecular weight is 249 g/mol. The van der Waals surface area contributed by atoms with Crippen molar-refractivity contribution in [3.05, 3.63) is 53.7 Å². The smallest absolute Gasteiger partial charge is 0.307 e. The maximum absolute atomic E-state index is 13.5. The second-order valence-electron chi connectivity index (χ2n) is 3.73. The van der Waals surface area contributed by atoms with Crippen molar-refractivity contribution in [3.8, 4) is 11.3 Å². The quantitative estimate of drug-likeness (QED) is 0.851. The lowest BCUT2D eigenvalue weighted by molar-refractivity contribution is -0.136. The largest absolute Gasteiger partial charge is 0.481 e. The zero-order valence-corrected chi connectivity index (χ0v) is 9.23. The molecule has 1 heterocycles. The molecule has 0 atom stereocenters. The molecule has 0 saturated carbocycles. The summed E-state index contributed by atoms with van der Waals surface area (Å²) >= 11 is 0. The number of carboxylic acids is 1. The Morgan fingerprint density at radius 3 is 2.61 bits per heavy atom. The summed E-state index contributed by atoms with van der Waals surface area (Å²) in [5.74, 6) is -2.44. The third-order valence-corrected chi connectivity index (χ3v) is 2.36. The molecule has 0 aliphatic carbocycles. The van der Waals surface area contributed by atoms with Gasteiger partial charge in [0.1, 0.15) is 5.82 Å². The molecule has 0 radical (unpaired) electrons. The number of benzene rings is 1. The van der Waals surface area contributed by atoms with E-state index in [4.69, 9.17) is 5.11 Å². The minimum absolute atomic E-state index is 0.0874. The van der Waals surface area contributed by atoms with Gasteiger partial charge in [0.05, 0.1) is 12.1 Å². The Labute approximate surface area is 102 Å². The van der Waals surface area contributed by atoms with Crippen LogP contribution in [0, 0.1) is 11.8 Å². The van der Waals surface area contributed by atoms with Crippen LogP contribution in [0.5, 0.6) is 0 Å². The van der Waals surface area contributed by atoms with Crippen LogP contribution in [0.1, 0.15) is 5.56 Å². The lowest BCUT2D eigenvalue weighted by Gasteiger charge is -2.05. The highest BCUT2D eigenvalue weighted by Gasteiger charge is 2.10. The van der Waals surface area contributed by atoms with E-state index in [2.05, 4.69) is 4.98 Å². The number of nitrogens with zero attached hydrogens (tertiary/aromatic N) is 1. The van der Waals surface area contributed by atoms with Gasteiger partial charge in [0, 0.05) is 5.56 Å². The monoisotopic (exact) mass is 249 g/mol. The number of hydrogen-bond acceptors (Lipinski definition) is 2. The maximum Gasteiger partial charge on any atom is 0.307 e. The molecule has 1 N–H and O–H groups in total. The highest BCUT2D eigenvalue weighted by Crippen LogP contribution is 2.22.